The molecule has 1 aromatic carbocycles. The molecule has 0 amide bonds. The summed E-state index contributed by atoms with van der Waals surface area (Å²) in [6.07, 6.45) is 0. The Bertz CT molecular complexity index is 535. The predicted molar refractivity (Wildman–Crippen MR) is 82.8 cm³/mol. The van der Waals surface area contributed by atoms with Crippen LogP contribution in [0.5, 0.6) is 5.75 Å². The Balaban J connectivity index is 2.74. The number of ether oxygens (including phenoxy) is 1. The van der Waals surface area contributed by atoms with E-state index in [1.807, 2.05) is 13.8 Å². The summed E-state index contributed by atoms with van der Waals surface area (Å²) >= 11 is 0. The summed E-state index contributed by atoms with van der Waals surface area (Å²) in [7, 11) is -3.52. The molecular weight excluding hydrogens is 290 g/mol. The van der Waals surface area contributed by atoms with Gasteiger partial charge in [0.05, 0.1) is 11.5 Å². The number of aliphatic hydroxyl groups excluding tert-OH is 1. The van der Waals surface area contributed by atoms with Gasteiger partial charge in [-0.2, -0.15) is 0 Å². The molecule has 0 bridgehead atoms. The topological polar surface area (TPSA) is 75.6 Å². The molecule has 0 saturated carbocycles. The number of hydrogen-bond acceptors (Lipinski definition) is 4. The van der Waals surface area contributed by atoms with Gasteiger partial charge in [0.2, 0.25) is 10.0 Å². The summed E-state index contributed by atoms with van der Waals surface area (Å²) in [6.45, 7) is 8.70. The van der Waals surface area contributed by atoms with Crippen LogP contribution in [0.3, 0.4) is 0 Å². The second-order valence-electron chi connectivity index (χ2n) is 6.01. The number of rotatable bonds is 8. The van der Waals surface area contributed by atoms with E-state index in [0.29, 0.717) is 18.2 Å². The largest absolute Gasteiger partial charge is 0.491 e. The highest BCUT2D eigenvalue weighted by Crippen LogP contribution is 2.25. The van der Waals surface area contributed by atoms with Gasteiger partial charge < -0.3 is 9.84 Å². The molecule has 0 heterocycles. The van der Waals surface area contributed by atoms with Crippen LogP contribution in [0.1, 0.15) is 27.7 Å². The van der Waals surface area contributed by atoms with Gasteiger partial charge in [0.25, 0.3) is 0 Å². The number of benzene rings is 1. The van der Waals surface area contributed by atoms with E-state index in [1.54, 1.807) is 12.1 Å². The zero-order valence-corrected chi connectivity index (χ0v) is 13.9. The van der Waals surface area contributed by atoms with E-state index >= 15 is 0 Å². The second-order valence-corrected chi connectivity index (χ2v) is 7.78. The van der Waals surface area contributed by atoms with Crippen molar-refractivity contribution < 1.29 is 18.3 Å². The van der Waals surface area contributed by atoms with Crippen LogP contribution in [0.2, 0.25) is 0 Å². The van der Waals surface area contributed by atoms with Gasteiger partial charge in [-0.1, -0.05) is 27.7 Å². The molecule has 0 aliphatic rings. The van der Waals surface area contributed by atoms with Crippen molar-refractivity contribution >= 4 is 10.0 Å². The molecule has 0 fully saturated rings. The van der Waals surface area contributed by atoms with Gasteiger partial charge in [0.1, 0.15) is 12.4 Å². The van der Waals surface area contributed by atoms with Crippen LogP contribution in [-0.4, -0.2) is 33.3 Å². The summed E-state index contributed by atoms with van der Waals surface area (Å²) in [4.78, 5) is 0.207. The summed E-state index contributed by atoms with van der Waals surface area (Å²) in [5, 5.41) is 8.67. The van der Waals surface area contributed by atoms with E-state index in [9.17, 15) is 8.42 Å². The lowest BCUT2D eigenvalue weighted by molar-refractivity contribution is 0.201. The van der Waals surface area contributed by atoms with Crippen LogP contribution in [0.25, 0.3) is 0 Å². The van der Waals surface area contributed by atoms with E-state index in [4.69, 9.17) is 9.84 Å². The molecule has 2 N–H and O–H groups in total. The van der Waals surface area contributed by atoms with Crippen molar-refractivity contribution in [3.63, 3.8) is 0 Å². The standard InChI is InChI=1S/C15H25NO4S/c1-12(2)15(3,4)11-16-21(18,19)14-7-5-13(6-8-14)20-10-9-17/h5-8,12,16-17H,9-11H2,1-4H3. The predicted octanol–water partition coefficient (Wildman–Crippen LogP) is 2.02. The zero-order chi connectivity index (χ0) is 16.1. The molecule has 6 heteroatoms. The van der Waals surface area contributed by atoms with Crippen molar-refractivity contribution in [1.29, 1.82) is 0 Å². The van der Waals surface area contributed by atoms with Crippen molar-refractivity contribution in [2.45, 2.75) is 32.6 Å². The maximum atomic E-state index is 12.2. The summed E-state index contributed by atoms with van der Waals surface area (Å²) in [5.41, 5.74) is -0.114. The van der Waals surface area contributed by atoms with Crippen molar-refractivity contribution in [3.05, 3.63) is 24.3 Å². The van der Waals surface area contributed by atoms with Gasteiger partial charge in [-0.15, -0.1) is 0 Å². The minimum Gasteiger partial charge on any atom is -0.491 e. The second kappa shape index (κ2) is 7.24. The molecule has 0 saturated heterocycles. The first-order valence-electron chi connectivity index (χ1n) is 7.02. The average Bonchev–Trinajstić information content (AvgIpc) is 2.43. The van der Waals surface area contributed by atoms with E-state index in [1.165, 1.54) is 12.1 Å². The molecule has 1 aromatic rings. The number of hydrogen-bond donors (Lipinski definition) is 2. The van der Waals surface area contributed by atoms with Crippen molar-refractivity contribution in [2.24, 2.45) is 11.3 Å². The van der Waals surface area contributed by atoms with E-state index < -0.39 is 10.0 Å². The molecule has 0 aliphatic carbocycles. The van der Waals surface area contributed by atoms with Crippen molar-refractivity contribution in [3.8, 4) is 5.75 Å². The third-order valence-electron chi connectivity index (χ3n) is 3.77. The fraction of sp³-hybridized carbons (Fsp3) is 0.600. The highest BCUT2D eigenvalue weighted by atomic mass is 32.2. The zero-order valence-electron chi connectivity index (χ0n) is 13.1. The third kappa shape index (κ3) is 5.30. The van der Waals surface area contributed by atoms with Crippen LogP contribution in [-0.2, 0) is 10.0 Å². The van der Waals surface area contributed by atoms with Gasteiger partial charge >= 0.3 is 0 Å². The maximum Gasteiger partial charge on any atom is 0.240 e. The molecule has 5 nitrogen and oxygen atoms in total. The normalized spacial score (nSPS) is 12.7. The smallest absolute Gasteiger partial charge is 0.240 e. The minimum atomic E-state index is -3.52. The molecule has 0 aromatic heterocycles. The van der Waals surface area contributed by atoms with Gasteiger partial charge in [-0.05, 0) is 35.6 Å². The molecule has 0 unspecified atom stereocenters. The molecular formula is C15H25NO4S. The fourth-order valence-corrected chi connectivity index (χ4v) is 2.67. The van der Waals surface area contributed by atoms with Crippen molar-refractivity contribution in [2.75, 3.05) is 19.8 Å². The lowest BCUT2D eigenvalue weighted by Gasteiger charge is -2.29. The number of nitrogens with one attached hydrogen (secondary N) is 1. The van der Waals surface area contributed by atoms with Crippen LogP contribution in [0.4, 0.5) is 0 Å². The Kier molecular flexibility index (Phi) is 6.19. The lowest BCUT2D eigenvalue weighted by Crippen LogP contribution is -2.36. The van der Waals surface area contributed by atoms with Crippen molar-refractivity contribution in [1.82, 2.24) is 4.72 Å². The van der Waals surface area contributed by atoms with E-state index in [0.717, 1.165) is 0 Å². The number of aliphatic hydroxyl groups is 1. The Morgan fingerprint density at radius 2 is 1.81 bits per heavy atom. The van der Waals surface area contributed by atoms with Crippen LogP contribution < -0.4 is 9.46 Å². The SMILES string of the molecule is CC(C)C(C)(C)CNS(=O)(=O)c1ccc(OCCO)cc1. The highest BCUT2D eigenvalue weighted by molar-refractivity contribution is 7.89. The Labute approximate surface area is 127 Å². The van der Waals surface area contributed by atoms with Crippen LogP contribution in [0.15, 0.2) is 29.2 Å². The number of sulfonamides is 1. The summed E-state index contributed by atoms with van der Waals surface area (Å²) < 4.78 is 32.3. The fourth-order valence-electron chi connectivity index (χ4n) is 1.45. The first-order valence-corrected chi connectivity index (χ1v) is 8.51. The van der Waals surface area contributed by atoms with Gasteiger partial charge in [-0.25, -0.2) is 13.1 Å². The van der Waals surface area contributed by atoms with E-state index in [-0.39, 0.29) is 23.5 Å². The summed E-state index contributed by atoms with van der Waals surface area (Å²) in [6, 6.07) is 6.16. The maximum absolute atomic E-state index is 12.2. The minimum absolute atomic E-state index is 0.0775. The molecule has 1 rings (SSSR count). The molecule has 120 valence electrons. The molecule has 0 spiro atoms. The summed E-state index contributed by atoms with van der Waals surface area (Å²) in [5.74, 6) is 0.903. The Hall–Kier alpha value is -1.11. The third-order valence-corrected chi connectivity index (χ3v) is 5.19. The monoisotopic (exact) mass is 315 g/mol. The first-order chi connectivity index (χ1) is 9.69. The van der Waals surface area contributed by atoms with Gasteiger partial charge in [-0.3, -0.25) is 0 Å². The Morgan fingerprint density at radius 1 is 1.24 bits per heavy atom. The van der Waals surface area contributed by atoms with Gasteiger partial charge in [0.15, 0.2) is 0 Å². The van der Waals surface area contributed by atoms with Crippen LogP contribution >= 0.6 is 0 Å². The van der Waals surface area contributed by atoms with E-state index in [2.05, 4.69) is 18.6 Å². The van der Waals surface area contributed by atoms with Crippen LogP contribution in [0, 0.1) is 11.3 Å². The highest BCUT2D eigenvalue weighted by Gasteiger charge is 2.25. The molecule has 0 atom stereocenters. The molecule has 0 aliphatic heterocycles. The van der Waals surface area contributed by atoms with Gasteiger partial charge in [0, 0.05) is 6.54 Å². The average molecular weight is 315 g/mol. The first kappa shape index (κ1) is 17.9. The molecule has 21 heavy (non-hydrogen) atoms. The Morgan fingerprint density at radius 3 is 2.29 bits per heavy atom. The quantitative estimate of drug-likeness (QED) is 0.769. The molecule has 0 radical (unpaired) electrons. The lowest BCUT2D eigenvalue weighted by atomic mass is 9.81.